The molecule has 198 valence electrons. The number of pyridine rings is 1. The highest BCUT2D eigenvalue weighted by Gasteiger charge is 2.27. The lowest BCUT2D eigenvalue weighted by atomic mass is 10.0. The van der Waals surface area contributed by atoms with Crippen molar-refractivity contribution in [1.82, 2.24) is 14.9 Å². The van der Waals surface area contributed by atoms with Crippen LogP contribution < -0.4 is 0 Å². The SMILES string of the molecule is CN(Cc1[nH]c2c(ccc3cnc(C=Cc4ccccc4)cc32)c1C(=O)OC(C)(C)C)C(=O)OC(C)(C)C. The smallest absolute Gasteiger partial charge is 0.410 e. The van der Waals surface area contributed by atoms with Gasteiger partial charge in [-0.15, -0.1) is 0 Å². The van der Waals surface area contributed by atoms with Gasteiger partial charge < -0.3 is 19.4 Å². The summed E-state index contributed by atoms with van der Waals surface area (Å²) in [5.41, 5.74) is 2.32. The first-order valence-electron chi connectivity index (χ1n) is 12.6. The second-order valence-electron chi connectivity index (χ2n) is 11.4. The first kappa shape index (κ1) is 26.9. The molecule has 0 bridgehead atoms. The minimum Gasteiger partial charge on any atom is -0.456 e. The summed E-state index contributed by atoms with van der Waals surface area (Å²) in [6.07, 6.45) is 5.31. The van der Waals surface area contributed by atoms with Crippen LogP contribution in [0.3, 0.4) is 0 Å². The molecule has 38 heavy (non-hydrogen) atoms. The van der Waals surface area contributed by atoms with E-state index in [1.54, 1.807) is 7.05 Å². The average molecular weight is 514 g/mol. The van der Waals surface area contributed by atoms with Crippen molar-refractivity contribution in [2.45, 2.75) is 59.3 Å². The standard InChI is InChI=1S/C31H35N3O4/c1-30(2,3)37-28(35)26-23-16-14-21-18-32-22(15-13-20-11-9-8-10-12-20)17-24(21)27(23)33-25(26)19-34(7)29(36)38-31(4,5)6/h8-18,33H,19H2,1-7H3. The summed E-state index contributed by atoms with van der Waals surface area (Å²) < 4.78 is 11.3. The summed E-state index contributed by atoms with van der Waals surface area (Å²) in [5, 5.41) is 2.57. The van der Waals surface area contributed by atoms with E-state index in [9.17, 15) is 9.59 Å². The van der Waals surface area contributed by atoms with Crippen LogP contribution in [-0.2, 0) is 16.0 Å². The number of nitrogens with zero attached hydrogens (tertiary/aromatic N) is 2. The van der Waals surface area contributed by atoms with Gasteiger partial charge in [0.25, 0.3) is 0 Å². The van der Waals surface area contributed by atoms with E-state index in [0.717, 1.165) is 32.9 Å². The predicted molar refractivity (Wildman–Crippen MR) is 152 cm³/mol. The van der Waals surface area contributed by atoms with Gasteiger partial charge in [-0.3, -0.25) is 4.98 Å². The van der Waals surface area contributed by atoms with Gasteiger partial charge in [-0.2, -0.15) is 0 Å². The van der Waals surface area contributed by atoms with Crippen LogP contribution in [0.5, 0.6) is 0 Å². The molecule has 4 rings (SSSR count). The van der Waals surface area contributed by atoms with Crippen molar-refractivity contribution in [3.8, 4) is 0 Å². The van der Waals surface area contributed by atoms with Crippen molar-refractivity contribution < 1.29 is 19.1 Å². The number of benzene rings is 2. The molecule has 0 aliphatic carbocycles. The Morgan fingerprint density at radius 1 is 0.921 bits per heavy atom. The molecule has 0 spiro atoms. The summed E-state index contributed by atoms with van der Waals surface area (Å²) >= 11 is 0. The molecule has 0 aliphatic heterocycles. The maximum atomic E-state index is 13.4. The fourth-order valence-corrected chi connectivity index (χ4v) is 4.11. The number of aromatic amines is 1. The summed E-state index contributed by atoms with van der Waals surface area (Å²) in [5.74, 6) is -0.450. The molecule has 0 radical (unpaired) electrons. The van der Waals surface area contributed by atoms with E-state index in [2.05, 4.69) is 9.97 Å². The fraction of sp³-hybridized carbons (Fsp3) is 0.323. The van der Waals surface area contributed by atoms with Gasteiger partial charge in [-0.25, -0.2) is 9.59 Å². The van der Waals surface area contributed by atoms with Crippen LogP contribution in [0.4, 0.5) is 4.79 Å². The fourth-order valence-electron chi connectivity index (χ4n) is 4.11. The molecular weight excluding hydrogens is 478 g/mol. The minimum atomic E-state index is -0.675. The average Bonchev–Trinajstić information content (AvgIpc) is 3.19. The van der Waals surface area contributed by atoms with Gasteiger partial charge >= 0.3 is 12.1 Å². The zero-order valence-electron chi connectivity index (χ0n) is 23.1. The first-order valence-corrected chi connectivity index (χ1v) is 12.6. The van der Waals surface area contributed by atoms with Crippen LogP contribution in [0.15, 0.2) is 54.7 Å². The van der Waals surface area contributed by atoms with E-state index in [1.807, 2.05) is 108 Å². The highest BCUT2D eigenvalue weighted by Crippen LogP contribution is 2.32. The Hall–Kier alpha value is -4.13. The molecule has 1 amide bonds. The van der Waals surface area contributed by atoms with E-state index in [4.69, 9.17) is 9.47 Å². The molecule has 7 nitrogen and oxygen atoms in total. The third-order valence-corrected chi connectivity index (χ3v) is 5.72. The quantitative estimate of drug-likeness (QED) is 0.285. The molecule has 0 unspecified atom stereocenters. The summed E-state index contributed by atoms with van der Waals surface area (Å²) in [4.78, 5) is 35.5. The van der Waals surface area contributed by atoms with Gasteiger partial charge in [-0.05, 0) is 59.2 Å². The Bertz CT molecular complexity index is 1510. The highest BCUT2D eigenvalue weighted by molar-refractivity contribution is 6.14. The third kappa shape index (κ3) is 6.40. The number of fused-ring (bicyclic) bond motifs is 3. The van der Waals surface area contributed by atoms with Crippen molar-refractivity contribution in [2.75, 3.05) is 7.05 Å². The summed E-state index contributed by atoms with van der Waals surface area (Å²) in [7, 11) is 1.65. The Morgan fingerprint density at radius 2 is 1.61 bits per heavy atom. The number of ether oxygens (including phenoxy) is 2. The van der Waals surface area contributed by atoms with Crippen LogP contribution in [0.25, 0.3) is 33.8 Å². The molecule has 7 heteroatoms. The number of hydrogen-bond donors (Lipinski definition) is 1. The number of carbonyl (C=O) groups is 2. The minimum absolute atomic E-state index is 0.144. The molecule has 2 aromatic heterocycles. The van der Waals surface area contributed by atoms with Crippen molar-refractivity contribution in [3.63, 3.8) is 0 Å². The lowest BCUT2D eigenvalue weighted by molar-refractivity contribution is 0.00659. The third-order valence-electron chi connectivity index (χ3n) is 5.72. The van der Waals surface area contributed by atoms with E-state index in [-0.39, 0.29) is 6.54 Å². The normalized spacial score (nSPS) is 12.3. The van der Waals surface area contributed by atoms with Crippen LogP contribution >= 0.6 is 0 Å². The van der Waals surface area contributed by atoms with E-state index < -0.39 is 23.3 Å². The maximum absolute atomic E-state index is 13.4. The number of esters is 1. The number of hydrogen-bond acceptors (Lipinski definition) is 5. The number of aromatic nitrogens is 2. The van der Waals surface area contributed by atoms with Crippen LogP contribution in [0.2, 0.25) is 0 Å². The molecular formula is C31H35N3O4. The second kappa shape index (κ2) is 10.3. The Morgan fingerprint density at radius 3 is 2.26 bits per heavy atom. The molecule has 0 aliphatic rings. The Labute approximate surface area is 223 Å². The van der Waals surface area contributed by atoms with Gasteiger partial charge in [0.15, 0.2) is 0 Å². The van der Waals surface area contributed by atoms with Gasteiger partial charge in [0.1, 0.15) is 11.2 Å². The van der Waals surface area contributed by atoms with Gasteiger partial charge in [0.2, 0.25) is 0 Å². The van der Waals surface area contributed by atoms with Crippen LogP contribution in [0.1, 0.15) is 68.9 Å². The lowest BCUT2D eigenvalue weighted by Crippen LogP contribution is -2.34. The number of nitrogens with one attached hydrogen (secondary N) is 1. The summed E-state index contributed by atoms with van der Waals surface area (Å²) in [6, 6.07) is 15.8. The number of amides is 1. The van der Waals surface area contributed by atoms with E-state index in [0.29, 0.717) is 11.3 Å². The van der Waals surface area contributed by atoms with E-state index in [1.165, 1.54) is 4.90 Å². The molecule has 4 aromatic rings. The van der Waals surface area contributed by atoms with Crippen molar-refractivity contribution in [1.29, 1.82) is 0 Å². The van der Waals surface area contributed by atoms with Gasteiger partial charge in [0.05, 0.1) is 29.0 Å². The molecule has 0 saturated carbocycles. The zero-order chi connectivity index (χ0) is 27.7. The monoisotopic (exact) mass is 513 g/mol. The Kier molecular flexibility index (Phi) is 7.31. The zero-order valence-corrected chi connectivity index (χ0v) is 23.1. The molecule has 0 saturated heterocycles. The second-order valence-corrected chi connectivity index (χ2v) is 11.4. The predicted octanol–water partition coefficient (Wildman–Crippen LogP) is 7.21. The van der Waals surface area contributed by atoms with Gasteiger partial charge in [0, 0.05) is 29.4 Å². The van der Waals surface area contributed by atoms with Gasteiger partial charge in [-0.1, -0.05) is 48.5 Å². The number of rotatable bonds is 5. The maximum Gasteiger partial charge on any atom is 0.410 e. The number of H-pyrrole nitrogens is 1. The van der Waals surface area contributed by atoms with Crippen LogP contribution in [0, 0.1) is 0 Å². The topological polar surface area (TPSA) is 84.5 Å². The molecule has 0 atom stereocenters. The highest BCUT2D eigenvalue weighted by atomic mass is 16.6. The molecule has 2 aromatic carbocycles. The lowest BCUT2D eigenvalue weighted by Gasteiger charge is -2.25. The summed E-state index contributed by atoms with van der Waals surface area (Å²) in [6.45, 7) is 11.1. The van der Waals surface area contributed by atoms with Crippen LogP contribution in [-0.4, -0.2) is 45.2 Å². The molecule has 1 N–H and O–H groups in total. The first-order chi connectivity index (χ1) is 17.8. The number of carbonyl (C=O) groups excluding carboxylic acids is 2. The molecule has 2 heterocycles. The molecule has 0 fully saturated rings. The van der Waals surface area contributed by atoms with Crippen molar-refractivity contribution >= 4 is 45.9 Å². The van der Waals surface area contributed by atoms with Crippen molar-refractivity contribution in [2.24, 2.45) is 0 Å². The van der Waals surface area contributed by atoms with E-state index >= 15 is 0 Å². The largest absolute Gasteiger partial charge is 0.456 e. The Balaban J connectivity index is 1.80. The van der Waals surface area contributed by atoms with Crippen molar-refractivity contribution in [3.05, 3.63) is 77.2 Å².